The summed E-state index contributed by atoms with van der Waals surface area (Å²) >= 11 is 0. The van der Waals surface area contributed by atoms with Crippen molar-refractivity contribution in [2.45, 2.75) is 0 Å². The monoisotopic (exact) mass is 223 g/mol. The van der Waals surface area contributed by atoms with E-state index < -0.39 is 0 Å². The Labute approximate surface area is 97.0 Å². The van der Waals surface area contributed by atoms with Crippen LogP contribution in [0, 0.1) is 0 Å². The van der Waals surface area contributed by atoms with Crippen molar-refractivity contribution in [1.82, 2.24) is 15.0 Å². The zero-order chi connectivity index (χ0) is 11.7. The molecule has 1 N–H and O–H groups in total. The van der Waals surface area contributed by atoms with E-state index in [-0.39, 0.29) is 5.69 Å². The Hall–Kier alpha value is -2.49. The van der Waals surface area contributed by atoms with Crippen LogP contribution in [0.2, 0.25) is 0 Å². The second kappa shape index (κ2) is 3.83. The Morgan fingerprint density at radius 1 is 1.00 bits per heavy atom. The minimum absolute atomic E-state index is 0.357. The molecule has 0 aliphatic rings. The molecular weight excluding hydrogens is 214 g/mol. The summed E-state index contributed by atoms with van der Waals surface area (Å²) in [6.45, 7) is 0. The van der Waals surface area contributed by atoms with Gasteiger partial charge in [0.05, 0.1) is 5.52 Å². The fraction of sp³-hybridized carbons (Fsp3) is 0. The van der Waals surface area contributed by atoms with E-state index in [4.69, 9.17) is 0 Å². The zero-order valence-electron chi connectivity index (χ0n) is 8.92. The van der Waals surface area contributed by atoms with Gasteiger partial charge >= 0.3 is 5.69 Å². The minimum Gasteiger partial charge on any atom is -0.304 e. The van der Waals surface area contributed by atoms with Crippen LogP contribution < -0.4 is 5.69 Å². The van der Waals surface area contributed by atoms with Crippen LogP contribution in [0.1, 0.15) is 0 Å². The molecule has 0 amide bonds. The fourth-order valence-electron chi connectivity index (χ4n) is 1.79. The zero-order valence-corrected chi connectivity index (χ0v) is 8.92. The van der Waals surface area contributed by atoms with Gasteiger partial charge in [0.15, 0.2) is 0 Å². The second-order valence-corrected chi connectivity index (χ2v) is 3.66. The summed E-state index contributed by atoms with van der Waals surface area (Å²) in [5, 5.41) is 0. The molecule has 0 spiro atoms. The lowest BCUT2D eigenvalue weighted by molar-refractivity contribution is 1.11. The Morgan fingerprint density at radius 3 is 2.65 bits per heavy atom. The molecule has 0 aliphatic carbocycles. The molecule has 82 valence electrons. The smallest absolute Gasteiger partial charge is 0.304 e. The SMILES string of the molecule is O=c1nc(-c2ccccc2)c2ncccc2[nH]1. The van der Waals surface area contributed by atoms with Crippen LogP contribution in [0.3, 0.4) is 0 Å². The predicted octanol–water partition coefficient (Wildman–Crippen LogP) is 1.99. The molecule has 2 heterocycles. The van der Waals surface area contributed by atoms with E-state index in [1.807, 2.05) is 36.4 Å². The highest BCUT2D eigenvalue weighted by molar-refractivity contribution is 5.88. The van der Waals surface area contributed by atoms with Crippen molar-refractivity contribution in [3.05, 3.63) is 59.1 Å². The van der Waals surface area contributed by atoms with E-state index in [1.165, 1.54) is 0 Å². The number of nitrogens with zero attached hydrogens (tertiary/aromatic N) is 2. The number of benzene rings is 1. The molecule has 0 fully saturated rings. The van der Waals surface area contributed by atoms with Gasteiger partial charge in [-0.25, -0.2) is 4.79 Å². The maximum absolute atomic E-state index is 11.5. The number of hydrogen-bond donors (Lipinski definition) is 1. The molecule has 0 atom stereocenters. The first-order valence-corrected chi connectivity index (χ1v) is 5.25. The topological polar surface area (TPSA) is 58.6 Å². The number of aromatic nitrogens is 3. The van der Waals surface area contributed by atoms with Gasteiger partial charge in [-0.3, -0.25) is 4.98 Å². The maximum Gasteiger partial charge on any atom is 0.346 e. The average molecular weight is 223 g/mol. The lowest BCUT2D eigenvalue weighted by atomic mass is 10.1. The van der Waals surface area contributed by atoms with Gasteiger partial charge in [0.2, 0.25) is 0 Å². The van der Waals surface area contributed by atoms with Crippen LogP contribution >= 0.6 is 0 Å². The Morgan fingerprint density at radius 2 is 1.82 bits per heavy atom. The molecule has 0 aliphatic heterocycles. The number of aromatic amines is 1. The summed E-state index contributed by atoms with van der Waals surface area (Å²) in [6, 6.07) is 13.2. The largest absolute Gasteiger partial charge is 0.346 e. The van der Waals surface area contributed by atoms with Crippen molar-refractivity contribution in [3.8, 4) is 11.3 Å². The first kappa shape index (κ1) is 9.72. The molecule has 0 bridgehead atoms. The third-order valence-corrected chi connectivity index (χ3v) is 2.53. The molecule has 0 saturated heterocycles. The lowest BCUT2D eigenvalue weighted by Crippen LogP contribution is -2.11. The van der Waals surface area contributed by atoms with Gasteiger partial charge in [-0.1, -0.05) is 30.3 Å². The quantitative estimate of drug-likeness (QED) is 0.686. The van der Waals surface area contributed by atoms with Crippen molar-refractivity contribution in [2.24, 2.45) is 0 Å². The number of rotatable bonds is 1. The van der Waals surface area contributed by atoms with Crippen molar-refractivity contribution in [2.75, 3.05) is 0 Å². The van der Waals surface area contributed by atoms with E-state index in [1.54, 1.807) is 12.3 Å². The predicted molar refractivity (Wildman–Crippen MR) is 65.6 cm³/mol. The van der Waals surface area contributed by atoms with Gasteiger partial charge in [0.1, 0.15) is 11.2 Å². The molecule has 0 unspecified atom stereocenters. The van der Waals surface area contributed by atoms with Crippen molar-refractivity contribution in [1.29, 1.82) is 0 Å². The van der Waals surface area contributed by atoms with E-state index in [9.17, 15) is 4.79 Å². The standard InChI is InChI=1S/C13H9N3O/c17-13-15-10-7-4-8-14-12(10)11(16-13)9-5-2-1-3-6-9/h1-8H,(H,15,16,17). The molecule has 0 saturated carbocycles. The summed E-state index contributed by atoms with van der Waals surface area (Å²) < 4.78 is 0. The normalized spacial score (nSPS) is 10.6. The van der Waals surface area contributed by atoms with E-state index in [0.717, 1.165) is 5.56 Å². The summed E-state index contributed by atoms with van der Waals surface area (Å²) in [4.78, 5) is 22.4. The maximum atomic E-state index is 11.5. The van der Waals surface area contributed by atoms with Gasteiger partial charge in [0.25, 0.3) is 0 Å². The molecule has 2 aromatic heterocycles. The number of H-pyrrole nitrogens is 1. The molecule has 17 heavy (non-hydrogen) atoms. The molecule has 1 aromatic carbocycles. The molecule has 3 rings (SSSR count). The first-order valence-electron chi connectivity index (χ1n) is 5.25. The van der Waals surface area contributed by atoms with Gasteiger partial charge in [-0.15, -0.1) is 0 Å². The van der Waals surface area contributed by atoms with Crippen LogP contribution in [-0.2, 0) is 0 Å². The molecule has 4 heteroatoms. The number of nitrogens with one attached hydrogen (secondary N) is 1. The number of pyridine rings is 1. The summed E-state index contributed by atoms with van der Waals surface area (Å²) in [5.74, 6) is 0. The fourth-order valence-corrected chi connectivity index (χ4v) is 1.79. The van der Waals surface area contributed by atoms with Crippen molar-refractivity contribution in [3.63, 3.8) is 0 Å². The highest BCUT2D eigenvalue weighted by Gasteiger charge is 2.07. The van der Waals surface area contributed by atoms with Gasteiger partial charge in [0, 0.05) is 11.8 Å². The van der Waals surface area contributed by atoms with E-state index >= 15 is 0 Å². The Balaban J connectivity index is 2.40. The van der Waals surface area contributed by atoms with E-state index in [0.29, 0.717) is 16.7 Å². The first-order chi connectivity index (χ1) is 8.34. The van der Waals surface area contributed by atoms with Crippen LogP contribution in [0.5, 0.6) is 0 Å². The van der Waals surface area contributed by atoms with Crippen LogP contribution in [0.15, 0.2) is 53.5 Å². The third-order valence-electron chi connectivity index (χ3n) is 2.53. The van der Waals surface area contributed by atoms with Crippen LogP contribution in [-0.4, -0.2) is 15.0 Å². The molecular formula is C13H9N3O. The van der Waals surface area contributed by atoms with Gasteiger partial charge < -0.3 is 4.98 Å². The number of hydrogen-bond acceptors (Lipinski definition) is 3. The van der Waals surface area contributed by atoms with Gasteiger partial charge in [-0.2, -0.15) is 4.98 Å². The Kier molecular flexibility index (Phi) is 2.19. The van der Waals surface area contributed by atoms with Crippen LogP contribution in [0.25, 0.3) is 22.3 Å². The highest BCUT2D eigenvalue weighted by atomic mass is 16.1. The molecule has 3 aromatic rings. The average Bonchev–Trinajstić information content (AvgIpc) is 2.39. The highest BCUT2D eigenvalue weighted by Crippen LogP contribution is 2.21. The molecule has 4 nitrogen and oxygen atoms in total. The Bertz CT molecular complexity index is 719. The van der Waals surface area contributed by atoms with E-state index in [2.05, 4.69) is 15.0 Å². The summed E-state index contributed by atoms with van der Waals surface area (Å²) in [7, 11) is 0. The van der Waals surface area contributed by atoms with Crippen molar-refractivity contribution < 1.29 is 0 Å². The molecule has 0 radical (unpaired) electrons. The lowest BCUT2D eigenvalue weighted by Gasteiger charge is -2.03. The van der Waals surface area contributed by atoms with Crippen LogP contribution in [0.4, 0.5) is 0 Å². The minimum atomic E-state index is -0.357. The second-order valence-electron chi connectivity index (χ2n) is 3.66. The summed E-state index contributed by atoms with van der Waals surface area (Å²) in [6.07, 6.45) is 1.69. The van der Waals surface area contributed by atoms with Crippen molar-refractivity contribution >= 4 is 11.0 Å². The van der Waals surface area contributed by atoms with Gasteiger partial charge in [-0.05, 0) is 12.1 Å². The third kappa shape index (κ3) is 1.69. The number of fused-ring (bicyclic) bond motifs is 1. The summed E-state index contributed by atoms with van der Waals surface area (Å²) in [5.41, 5.74) is 2.56.